The SMILES string of the molecule is Cc1c(C)c2c(c(C)c1OC(=O)CCC(=O)[O-])CC[C@@](C)(CCC[C@H](C)CCC[C@H](C)CCCC(C)C)O2. The lowest BCUT2D eigenvalue weighted by Crippen LogP contribution is -2.37. The molecule has 1 aromatic rings. The molecule has 38 heavy (non-hydrogen) atoms. The predicted octanol–water partition coefficient (Wildman–Crippen LogP) is 7.57. The van der Waals surface area contributed by atoms with Gasteiger partial charge in [-0.1, -0.05) is 72.6 Å². The van der Waals surface area contributed by atoms with Crippen LogP contribution in [0.15, 0.2) is 0 Å². The fraction of sp³-hybridized carbons (Fsp3) is 0.758. The number of hydrogen-bond acceptors (Lipinski definition) is 5. The van der Waals surface area contributed by atoms with E-state index in [1.54, 1.807) is 0 Å². The summed E-state index contributed by atoms with van der Waals surface area (Å²) < 4.78 is 12.3. The number of hydrogen-bond donors (Lipinski definition) is 0. The highest BCUT2D eigenvalue weighted by Crippen LogP contribution is 2.45. The number of esters is 1. The van der Waals surface area contributed by atoms with E-state index >= 15 is 0 Å². The van der Waals surface area contributed by atoms with Gasteiger partial charge < -0.3 is 19.4 Å². The molecule has 0 radical (unpaired) electrons. The van der Waals surface area contributed by atoms with Crippen molar-refractivity contribution < 1.29 is 24.2 Å². The van der Waals surface area contributed by atoms with E-state index in [9.17, 15) is 14.7 Å². The van der Waals surface area contributed by atoms with E-state index in [1.165, 1.54) is 51.4 Å². The topological polar surface area (TPSA) is 75.7 Å². The van der Waals surface area contributed by atoms with Crippen LogP contribution in [0.3, 0.4) is 0 Å². The van der Waals surface area contributed by atoms with Crippen molar-refractivity contribution in [1.29, 1.82) is 0 Å². The van der Waals surface area contributed by atoms with Crippen LogP contribution in [0, 0.1) is 38.5 Å². The molecule has 1 aromatic carbocycles. The van der Waals surface area contributed by atoms with Crippen LogP contribution < -0.4 is 14.6 Å². The number of aliphatic carboxylic acids is 1. The van der Waals surface area contributed by atoms with E-state index in [-0.39, 0.29) is 18.4 Å². The molecule has 0 spiro atoms. The van der Waals surface area contributed by atoms with Gasteiger partial charge in [-0.2, -0.15) is 0 Å². The summed E-state index contributed by atoms with van der Waals surface area (Å²) in [5, 5.41) is 10.7. The lowest BCUT2D eigenvalue weighted by atomic mass is 9.83. The maximum absolute atomic E-state index is 12.2. The first-order chi connectivity index (χ1) is 17.8. The standard InChI is InChI=1S/C33H54O5/c1-22(2)12-9-13-23(3)14-10-15-24(4)16-11-20-33(8)21-19-28-27(7)31(25(5)26(6)32(28)38-33)37-30(36)18-17-29(34)35/h22-24H,9-21H2,1-8H3,(H,34,35)/p-1/t23-,24-,33-/m1/s1. The molecule has 5 heteroatoms. The van der Waals surface area contributed by atoms with Gasteiger partial charge in [0.25, 0.3) is 0 Å². The van der Waals surface area contributed by atoms with Gasteiger partial charge in [-0.05, 0) is 94.2 Å². The van der Waals surface area contributed by atoms with Gasteiger partial charge in [0.05, 0.1) is 6.42 Å². The minimum Gasteiger partial charge on any atom is -0.550 e. The van der Waals surface area contributed by atoms with Crippen LogP contribution in [-0.2, 0) is 16.0 Å². The second-order valence-corrected chi connectivity index (χ2v) is 12.8. The van der Waals surface area contributed by atoms with Gasteiger partial charge in [0, 0.05) is 11.5 Å². The molecule has 0 bridgehead atoms. The Kier molecular flexibility index (Phi) is 12.6. The number of carbonyl (C=O) groups excluding carboxylic acids is 2. The highest BCUT2D eigenvalue weighted by molar-refractivity contribution is 5.78. The molecule has 0 unspecified atom stereocenters. The molecule has 1 heterocycles. The van der Waals surface area contributed by atoms with Gasteiger partial charge in [-0.25, -0.2) is 0 Å². The van der Waals surface area contributed by atoms with E-state index in [1.807, 2.05) is 20.8 Å². The Morgan fingerprint density at radius 1 is 0.868 bits per heavy atom. The highest BCUT2D eigenvalue weighted by Gasteiger charge is 2.34. The Morgan fingerprint density at radius 2 is 1.45 bits per heavy atom. The molecule has 1 aliphatic heterocycles. The van der Waals surface area contributed by atoms with Gasteiger partial charge in [-0.15, -0.1) is 0 Å². The fourth-order valence-corrected chi connectivity index (χ4v) is 5.78. The van der Waals surface area contributed by atoms with Crippen LogP contribution in [0.25, 0.3) is 0 Å². The molecule has 216 valence electrons. The molecule has 3 atom stereocenters. The molecule has 0 aromatic heterocycles. The Hall–Kier alpha value is -2.04. The first-order valence-corrected chi connectivity index (χ1v) is 15.0. The minimum absolute atomic E-state index is 0.187. The third kappa shape index (κ3) is 9.93. The minimum atomic E-state index is -1.25. The molecule has 2 rings (SSSR count). The summed E-state index contributed by atoms with van der Waals surface area (Å²) in [5.74, 6) is 2.09. The lowest BCUT2D eigenvalue weighted by Gasteiger charge is -2.38. The fourth-order valence-electron chi connectivity index (χ4n) is 5.78. The second-order valence-electron chi connectivity index (χ2n) is 12.8. The van der Waals surface area contributed by atoms with Gasteiger partial charge in [0.1, 0.15) is 17.1 Å². The smallest absolute Gasteiger partial charge is 0.311 e. The van der Waals surface area contributed by atoms with Gasteiger partial charge in [0.15, 0.2) is 0 Å². The molecular weight excluding hydrogens is 476 g/mol. The van der Waals surface area contributed by atoms with Crippen molar-refractivity contribution in [2.45, 2.75) is 144 Å². The van der Waals surface area contributed by atoms with Crippen molar-refractivity contribution in [3.05, 3.63) is 22.3 Å². The average molecular weight is 530 g/mol. The van der Waals surface area contributed by atoms with Crippen LogP contribution in [0.5, 0.6) is 11.5 Å². The predicted molar refractivity (Wildman–Crippen MR) is 153 cm³/mol. The van der Waals surface area contributed by atoms with Crippen LogP contribution in [0.2, 0.25) is 0 Å². The maximum atomic E-state index is 12.2. The van der Waals surface area contributed by atoms with Gasteiger partial charge in [-0.3, -0.25) is 4.79 Å². The van der Waals surface area contributed by atoms with Crippen LogP contribution in [-0.4, -0.2) is 17.5 Å². The number of carbonyl (C=O) groups is 2. The van der Waals surface area contributed by atoms with Crippen LogP contribution >= 0.6 is 0 Å². The quantitative estimate of drug-likeness (QED) is 0.163. The van der Waals surface area contributed by atoms with Crippen molar-refractivity contribution in [2.75, 3.05) is 0 Å². The average Bonchev–Trinajstić information content (AvgIpc) is 2.83. The maximum Gasteiger partial charge on any atom is 0.311 e. The number of benzene rings is 1. The first-order valence-electron chi connectivity index (χ1n) is 15.0. The highest BCUT2D eigenvalue weighted by atomic mass is 16.5. The van der Waals surface area contributed by atoms with Gasteiger partial charge >= 0.3 is 5.97 Å². The molecule has 1 aliphatic rings. The Morgan fingerprint density at radius 3 is 2.03 bits per heavy atom. The summed E-state index contributed by atoms with van der Waals surface area (Å²) >= 11 is 0. The van der Waals surface area contributed by atoms with E-state index in [4.69, 9.17) is 9.47 Å². The summed E-state index contributed by atoms with van der Waals surface area (Å²) in [5.41, 5.74) is 3.70. The summed E-state index contributed by atoms with van der Waals surface area (Å²) in [6.07, 6.45) is 12.8. The van der Waals surface area contributed by atoms with Crippen LogP contribution in [0.1, 0.15) is 134 Å². The Balaban J connectivity index is 1.87. The zero-order chi connectivity index (χ0) is 28.5. The first kappa shape index (κ1) is 32.2. The molecule has 0 saturated heterocycles. The normalized spacial score (nSPS) is 18.6. The summed E-state index contributed by atoms with van der Waals surface area (Å²) in [7, 11) is 0. The van der Waals surface area contributed by atoms with E-state index in [2.05, 4.69) is 34.6 Å². The zero-order valence-electron chi connectivity index (χ0n) is 25.5. The summed E-state index contributed by atoms with van der Waals surface area (Å²) in [4.78, 5) is 22.9. The van der Waals surface area contributed by atoms with E-state index in [0.717, 1.165) is 65.0 Å². The van der Waals surface area contributed by atoms with Crippen molar-refractivity contribution in [3.8, 4) is 11.5 Å². The Bertz CT molecular complexity index is 934. The Labute approximate surface area is 232 Å². The van der Waals surface area contributed by atoms with Crippen LogP contribution in [0.4, 0.5) is 0 Å². The number of carboxylic acids is 1. The molecule has 0 N–H and O–H groups in total. The van der Waals surface area contributed by atoms with Crippen molar-refractivity contribution >= 4 is 11.9 Å². The molecule has 0 fully saturated rings. The summed E-state index contributed by atoms with van der Waals surface area (Å²) in [6, 6.07) is 0. The largest absolute Gasteiger partial charge is 0.550 e. The third-order valence-electron chi connectivity index (χ3n) is 8.59. The monoisotopic (exact) mass is 529 g/mol. The zero-order valence-corrected chi connectivity index (χ0v) is 25.5. The van der Waals surface area contributed by atoms with Crippen molar-refractivity contribution in [1.82, 2.24) is 0 Å². The number of ether oxygens (including phenoxy) is 2. The lowest BCUT2D eigenvalue weighted by molar-refractivity contribution is -0.305. The second kappa shape index (κ2) is 14.9. The molecule has 5 nitrogen and oxygen atoms in total. The number of carboxylic acid groups (broad SMARTS) is 1. The summed E-state index contributed by atoms with van der Waals surface area (Å²) in [6.45, 7) is 17.6. The number of fused-ring (bicyclic) bond motifs is 1. The molecule has 0 saturated carbocycles. The molecular formula is C33H53O5-. The number of rotatable bonds is 16. The van der Waals surface area contributed by atoms with Crippen molar-refractivity contribution in [3.63, 3.8) is 0 Å². The third-order valence-corrected chi connectivity index (χ3v) is 8.59. The van der Waals surface area contributed by atoms with Gasteiger partial charge in [0.2, 0.25) is 0 Å². The molecule has 0 amide bonds. The van der Waals surface area contributed by atoms with E-state index in [0.29, 0.717) is 5.75 Å². The van der Waals surface area contributed by atoms with E-state index < -0.39 is 11.9 Å². The molecule has 0 aliphatic carbocycles. The van der Waals surface area contributed by atoms with Crippen molar-refractivity contribution in [2.24, 2.45) is 17.8 Å².